The molecule has 4 aromatic rings. The van der Waals surface area contributed by atoms with Crippen LogP contribution in [0.5, 0.6) is 0 Å². The molecule has 1 amide bonds. The minimum absolute atomic E-state index is 0.149. The Kier molecular flexibility index (Phi) is 4.78. The fourth-order valence-electron chi connectivity index (χ4n) is 2.60. The van der Waals surface area contributed by atoms with Crippen molar-refractivity contribution in [2.75, 3.05) is 5.32 Å². The first-order valence-corrected chi connectivity index (χ1v) is 9.70. The molecular weight excluding hydrogens is 507 g/mol. The van der Waals surface area contributed by atoms with Gasteiger partial charge < -0.3 is 9.73 Å². The highest BCUT2D eigenvalue weighted by Gasteiger charge is 2.13. The van der Waals surface area contributed by atoms with Gasteiger partial charge in [0.1, 0.15) is 5.52 Å². The Bertz CT molecular complexity index is 1120. The SMILES string of the molecule is O=C(Nc1ccc2oc(-c3ccccc3Br)nc2c1)c1ccccc1I. The van der Waals surface area contributed by atoms with Gasteiger partial charge in [0, 0.05) is 13.7 Å². The second-order valence-corrected chi connectivity index (χ2v) is 7.63. The Morgan fingerprint density at radius 1 is 1.04 bits per heavy atom. The first kappa shape index (κ1) is 17.2. The second kappa shape index (κ2) is 7.20. The van der Waals surface area contributed by atoms with Crippen LogP contribution in [0.4, 0.5) is 5.69 Å². The molecule has 0 bridgehead atoms. The van der Waals surface area contributed by atoms with Gasteiger partial charge >= 0.3 is 0 Å². The summed E-state index contributed by atoms with van der Waals surface area (Å²) in [6.45, 7) is 0. The molecule has 0 aliphatic carbocycles. The van der Waals surface area contributed by atoms with E-state index in [1.807, 2.05) is 60.7 Å². The van der Waals surface area contributed by atoms with E-state index in [-0.39, 0.29) is 5.91 Å². The molecule has 26 heavy (non-hydrogen) atoms. The van der Waals surface area contributed by atoms with E-state index in [4.69, 9.17) is 4.42 Å². The minimum atomic E-state index is -0.149. The van der Waals surface area contributed by atoms with Gasteiger partial charge in [-0.2, -0.15) is 0 Å². The number of halogens is 2. The lowest BCUT2D eigenvalue weighted by Gasteiger charge is -2.06. The molecule has 1 heterocycles. The third-order valence-electron chi connectivity index (χ3n) is 3.87. The number of benzene rings is 3. The Morgan fingerprint density at radius 2 is 1.81 bits per heavy atom. The standard InChI is InChI=1S/C20H12BrIN2O2/c21-15-7-3-1-5-13(15)20-24-17-11-12(9-10-18(17)26-20)23-19(25)14-6-2-4-8-16(14)22/h1-11H,(H,23,25). The maximum absolute atomic E-state index is 12.5. The van der Waals surface area contributed by atoms with Crippen LogP contribution < -0.4 is 5.32 Å². The van der Waals surface area contributed by atoms with E-state index in [9.17, 15) is 4.79 Å². The Morgan fingerprint density at radius 3 is 2.62 bits per heavy atom. The molecule has 0 radical (unpaired) electrons. The van der Waals surface area contributed by atoms with Crippen LogP contribution in [0.3, 0.4) is 0 Å². The molecule has 128 valence electrons. The number of oxazole rings is 1. The zero-order chi connectivity index (χ0) is 18.1. The first-order valence-electron chi connectivity index (χ1n) is 7.83. The Hall–Kier alpha value is -2.19. The fraction of sp³-hybridized carbons (Fsp3) is 0. The van der Waals surface area contributed by atoms with Crippen molar-refractivity contribution in [3.63, 3.8) is 0 Å². The number of nitrogens with zero attached hydrogens (tertiary/aromatic N) is 1. The molecule has 0 spiro atoms. The van der Waals surface area contributed by atoms with E-state index >= 15 is 0 Å². The number of fused-ring (bicyclic) bond motifs is 1. The summed E-state index contributed by atoms with van der Waals surface area (Å²) in [4.78, 5) is 17.0. The van der Waals surface area contributed by atoms with Crippen molar-refractivity contribution in [2.24, 2.45) is 0 Å². The van der Waals surface area contributed by atoms with Crippen LogP contribution >= 0.6 is 38.5 Å². The molecule has 1 N–H and O–H groups in total. The van der Waals surface area contributed by atoms with E-state index in [0.717, 1.165) is 13.6 Å². The largest absolute Gasteiger partial charge is 0.436 e. The third kappa shape index (κ3) is 3.39. The predicted molar refractivity (Wildman–Crippen MR) is 114 cm³/mol. The predicted octanol–water partition coefficient (Wildman–Crippen LogP) is 6.11. The summed E-state index contributed by atoms with van der Waals surface area (Å²) in [5, 5.41) is 2.92. The zero-order valence-electron chi connectivity index (χ0n) is 13.4. The number of amides is 1. The van der Waals surface area contributed by atoms with Crippen molar-refractivity contribution in [3.05, 3.63) is 80.3 Å². The minimum Gasteiger partial charge on any atom is -0.436 e. The first-order chi connectivity index (χ1) is 12.6. The topological polar surface area (TPSA) is 55.1 Å². The highest BCUT2D eigenvalue weighted by molar-refractivity contribution is 14.1. The monoisotopic (exact) mass is 518 g/mol. The summed E-state index contributed by atoms with van der Waals surface area (Å²) in [6.07, 6.45) is 0. The van der Waals surface area contributed by atoms with Gasteiger partial charge in [-0.05, 0) is 81.0 Å². The molecule has 3 aromatic carbocycles. The van der Waals surface area contributed by atoms with Crippen molar-refractivity contribution in [2.45, 2.75) is 0 Å². The summed E-state index contributed by atoms with van der Waals surface area (Å²) < 4.78 is 7.66. The maximum Gasteiger partial charge on any atom is 0.256 e. The van der Waals surface area contributed by atoms with Gasteiger partial charge in [0.2, 0.25) is 5.89 Å². The molecule has 0 aliphatic heterocycles. The van der Waals surface area contributed by atoms with Crippen molar-refractivity contribution in [1.29, 1.82) is 0 Å². The zero-order valence-corrected chi connectivity index (χ0v) is 17.1. The van der Waals surface area contributed by atoms with Crippen LogP contribution in [0.15, 0.2) is 75.6 Å². The van der Waals surface area contributed by atoms with Crippen molar-refractivity contribution in [3.8, 4) is 11.5 Å². The van der Waals surface area contributed by atoms with Crippen LogP contribution in [0.25, 0.3) is 22.6 Å². The average molecular weight is 519 g/mol. The van der Waals surface area contributed by atoms with Gasteiger partial charge in [0.15, 0.2) is 5.58 Å². The number of hydrogen-bond acceptors (Lipinski definition) is 3. The fourth-order valence-corrected chi connectivity index (χ4v) is 3.69. The molecule has 1 aromatic heterocycles. The molecule has 0 saturated carbocycles. The molecule has 4 rings (SSSR count). The van der Waals surface area contributed by atoms with Gasteiger partial charge in [-0.1, -0.05) is 24.3 Å². The Balaban J connectivity index is 1.65. The molecule has 0 atom stereocenters. The summed E-state index contributed by atoms with van der Waals surface area (Å²) >= 11 is 5.67. The number of carbonyl (C=O) groups is 1. The van der Waals surface area contributed by atoms with Crippen molar-refractivity contribution < 1.29 is 9.21 Å². The van der Waals surface area contributed by atoms with E-state index in [1.54, 1.807) is 6.07 Å². The molecule has 4 nitrogen and oxygen atoms in total. The molecule has 0 saturated heterocycles. The lowest BCUT2D eigenvalue weighted by Crippen LogP contribution is -2.13. The smallest absolute Gasteiger partial charge is 0.256 e. The van der Waals surface area contributed by atoms with E-state index in [2.05, 4.69) is 48.8 Å². The van der Waals surface area contributed by atoms with Crippen LogP contribution in [0.2, 0.25) is 0 Å². The molecule has 0 fully saturated rings. The lowest BCUT2D eigenvalue weighted by molar-refractivity contribution is 0.102. The van der Waals surface area contributed by atoms with E-state index in [1.165, 1.54) is 0 Å². The van der Waals surface area contributed by atoms with E-state index < -0.39 is 0 Å². The van der Waals surface area contributed by atoms with E-state index in [0.29, 0.717) is 28.2 Å². The van der Waals surface area contributed by atoms with Crippen molar-refractivity contribution >= 4 is 61.2 Å². The van der Waals surface area contributed by atoms with Crippen molar-refractivity contribution in [1.82, 2.24) is 4.98 Å². The normalized spacial score (nSPS) is 10.8. The number of anilines is 1. The molecular formula is C20H12BrIN2O2. The van der Waals surface area contributed by atoms with Gasteiger partial charge in [-0.3, -0.25) is 4.79 Å². The lowest BCUT2D eigenvalue weighted by atomic mass is 10.2. The van der Waals surface area contributed by atoms with Crippen LogP contribution in [0.1, 0.15) is 10.4 Å². The van der Waals surface area contributed by atoms with Gasteiger partial charge in [0.05, 0.1) is 11.1 Å². The summed E-state index contributed by atoms with van der Waals surface area (Å²) in [5.41, 5.74) is 3.56. The second-order valence-electron chi connectivity index (χ2n) is 5.62. The summed E-state index contributed by atoms with van der Waals surface area (Å²) in [5.74, 6) is 0.387. The molecule has 0 aliphatic rings. The van der Waals surface area contributed by atoms with Gasteiger partial charge in [-0.15, -0.1) is 0 Å². The van der Waals surface area contributed by atoms with Gasteiger partial charge in [-0.25, -0.2) is 4.98 Å². The Labute approximate surface area is 171 Å². The van der Waals surface area contributed by atoms with Crippen LogP contribution in [-0.4, -0.2) is 10.9 Å². The highest BCUT2D eigenvalue weighted by Crippen LogP contribution is 2.31. The molecule has 6 heteroatoms. The van der Waals surface area contributed by atoms with Crippen LogP contribution in [0, 0.1) is 3.57 Å². The quantitative estimate of drug-likeness (QED) is 0.333. The molecule has 0 unspecified atom stereocenters. The summed E-state index contributed by atoms with van der Waals surface area (Å²) in [7, 11) is 0. The van der Waals surface area contributed by atoms with Gasteiger partial charge in [0.25, 0.3) is 5.91 Å². The third-order valence-corrected chi connectivity index (χ3v) is 5.50. The number of carbonyl (C=O) groups excluding carboxylic acids is 1. The number of nitrogens with one attached hydrogen (secondary N) is 1. The average Bonchev–Trinajstić information content (AvgIpc) is 3.05. The number of aromatic nitrogens is 1. The number of hydrogen-bond donors (Lipinski definition) is 1. The highest BCUT2D eigenvalue weighted by atomic mass is 127. The summed E-state index contributed by atoms with van der Waals surface area (Å²) in [6, 6.07) is 20.7. The van der Waals surface area contributed by atoms with Crippen LogP contribution in [-0.2, 0) is 0 Å². The number of rotatable bonds is 3. The maximum atomic E-state index is 12.5.